The lowest BCUT2D eigenvalue weighted by atomic mass is 10.1. The minimum Gasteiger partial charge on any atom is -0.266 e. The van der Waals surface area contributed by atoms with Crippen LogP contribution in [-0.4, -0.2) is 16.7 Å². The molecule has 1 heterocycles. The fourth-order valence-corrected chi connectivity index (χ4v) is 3.18. The Kier molecular flexibility index (Phi) is 4.75. The zero-order valence-corrected chi connectivity index (χ0v) is 15.6. The molecule has 6 heteroatoms. The van der Waals surface area contributed by atoms with E-state index >= 15 is 0 Å². The summed E-state index contributed by atoms with van der Waals surface area (Å²) in [5.74, 6) is 0.123. The van der Waals surface area contributed by atoms with E-state index < -0.39 is 4.92 Å². The third-order valence-corrected chi connectivity index (χ3v) is 4.64. The number of nitro benzene ring substituents is 1. The van der Waals surface area contributed by atoms with E-state index in [1.807, 2.05) is 67.6 Å². The molecule has 4 rings (SSSR count). The summed E-state index contributed by atoms with van der Waals surface area (Å²) in [7, 11) is 0. The van der Waals surface area contributed by atoms with Crippen LogP contribution in [0.5, 0.6) is 0 Å². The zero-order chi connectivity index (χ0) is 20.4. The number of amides is 1. The van der Waals surface area contributed by atoms with E-state index in [-0.39, 0.29) is 17.3 Å². The van der Waals surface area contributed by atoms with Gasteiger partial charge in [-0.1, -0.05) is 66.7 Å². The van der Waals surface area contributed by atoms with E-state index in [9.17, 15) is 14.9 Å². The molecule has 0 saturated carbocycles. The molecule has 0 spiro atoms. The normalized spacial score (nSPS) is 14.9. The van der Waals surface area contributed by atoms with Crippen LogP contribution in [0.4, 0.5) is 11.4 Å². The van der Waals surface area contributed by atoms with Crippen LogP contribution in [0, 0.1) is 17.0 Å². The Bertz CT molecular complexity index is 1150. The van der Waals surface area contributed by atoms with Crippen molar-refractivity contribution in [2.45, 2.75) is 6.92 Å². The first-order chi connectivity index (χ1) is 14.0. The molecule has 0 aromatic heterocycles. The van der Waals surface area contributed by atoms with Crippen LogP contribution in [0.25, 0.3) is 6.08 Å². The fraction of sp³-hybridized carbons (Fsp3) is 0.0435. The van der Waals surface area contributed by atoms with E-state index in [0.717, 1.165) is 16.7 Å². The van der Waals surface area contributed by atoms with Crippen molar-refractivity contribution < 1.29 is 9.72 Å². The molecule has 0 atom stereocenters. The molecule has 0 saturated heterocycles. The van der Waals surface area contributed by atoms with Crippen molar-refractivity contribution in [2.75, 3.05) is 4.90 Å². The molecule has 0 N–H and O–H groups in total. The van der Waals surface area contributed by atoms with Crippen LogP contribution < -0.4 is 4.90 Å². The van der Waals surface area contributed by atoms with E-state index in [0.29, 0.717) is 11.5 Å². The van der Waals surface area contributed by atoms with Gasteiger partial charge in [0.2, 0.25) is 0 Å². The summed E-state index contributed by atoms with van der Waals surface area (Å²) in [5.41, 5.74) is 3.00. The molecule has 142 valence electrons. The Balaban J connectivity index is 1.87. The summed E-state index contributed by atoms with van der Waals surface area (Å²) in [4.78, 5) is 30.2. The summed E-state index contributed by atoms with van der Waals surface area (Å²) >= 11 is 0. The number of benzene rings is 3. The lowest BCUT2D eigenvalue weighted by Gasteiger charge is -2.20. The second-order valence-corrected chi connectivity index (χ2v) is 6.61. The first-order valence-electron chi connectivity index (χ1n) is 9.05. The highest BCUT2D eigenvalue weighted by Gasteiger charge is 2.34. The monoisotopic (exact) mass is 383 g/mol. The van der Waals surface area contributed by atoms with E-state index in [4.69, 9.17) is 0 Å². The third-order valence-electron chi connectivity index (χ3n) is 4.64. The molecule has 3 aromatic rings. The Labute approximate surface area is 167 Å². The Morgan fingerprint density at radius 3 is 2.28 bits per heavy atom. The van der Waals surface area contributed by atoms with Gasteiger partial charge in [-0.2, -0.15) is 0 Å². The number of non-ortho nitro benzene ring substituents is 1. The summed E-state index contributed by atoms with van der Waals surface area (Å²) in [5, 5.41) is 11.3. The molecule has 0 fully saturated rings. The van der Waals surface area contributed by atoms with E-state index in [1.165, 1.54) is 17.0 Å². The van der Waals surface area contributed by atoms with Gasteiger partial charge in [-0.15, -0.1) is 0 Å². The van der Waals surface area contributed by atoms with Gasteiger partial charge < -0.3 is 0 Å². The second kappa shape index (κ2) is 7.52. The molecule has 3 aromatic carbocycles. The molecule has 1 amide bonds. The van der Waals surface area contributed by atoms with Gasteiger partial charge in [-0.3, -0.25) is 19.8 Å². The number of hydrogen-bond donors (Lipinski definition) is 0. The van der Waals surface area contributed by atoms with Crippen LogP contribution in [-0.2, 0) is 4.79 Å². The van der Waals surface area contributed by atoms with Gasteiger partial charge in [0.1, 0.15) is 11.5 Å². The Morgan fingerprint density at radius 2 is 1.62 bits per heavy atom. The molecule has 29 heavy (non-hydrogen) atoms. The SMILES string of the molecule is Cc1ccc([N+](=O)[O-])cc1N1C(=O)/C(=C/c2ccccc2)N=C1c1ccccc1. The van der Waals surface area contributed by atoms with Gasteiger partial charge >= 0.3 is 0 Å². The predicted molar refractivity (Wildman–Crippen MR) is 113 cm³/mol. The maximum atomic E-state index is 13.3. The average Bonchev–Trinajstić information content (AvgIpc) is 3.05. The topological polar surface area (TPSA) is 75.8 Å². The number of rotatable bonds is 4. The number of carbonyl (C=O) groups excluding carboxylic acids is 1. The number of aliphatic imine (C=N–C) groups is 1. The van der Waals surface area contributed by atoms with E-state index in [1.54, 1.807) is 12.1 Å². The van der Waals surface area contributed by atoms with Crippen LogP contribution in [0.15, 0.2) is 89.6 Å². The highest BCUT2D eigenvalue weighted by molar-refractivity contribution is 6.33. The fourth-order valence-electron chi connectivity index (χ4n) is 3.18. The van der Waals surface area contributed by atoms with E-state index in [2.05, 4.69) is 4.99 Å². The molecule has 0 unspecified atom stereocenters. The van der Waals surface area contributed by atoms with Crippen molar-refractivity contribution in [1.29, 1.82) is 0 Å². The average molecular weight is 383 g/mol. The number of nitrogens with zero attached hydrogens (tertiary/aromatic N) is 3. The number of anilines is 1. The standard InChI is InChI=1S/C23H17N3O3/c1-16-12-13-19(26(28)29)15-21(16)25-22(18-10-6-3-7-11-18)24-20(23(25)27)14-17-8-4-2-5-9-17/h2-15H,1H3/b20-14-. The Morgan fingerprint density at radius 1 is 0.966 bits per heavy atom. The van der Waals surface area contributed by atoms with Gasteiger partial charge in [0.15, 0.2) is 0 Å². The van der Waals surface area contributed by atoms with Crippen molar-refractivity contribution in [3.63, 3.8) is 0 Å². The van der Waals surface area contributed by atoms with Crippen LogP contribution in [0.1, 0.15) is 16.7 Å². The lowest BCUT2D eigenvalue weighted by molar-refractivity contribution is -0.384. The van der Waals surface area contributed by atoms with Gasteiger partial charge in [0, 0.05) is 17.7 Å². The number of aryl methyl sites for hydroxylation is 1. The van der Waals surface area contributed by atoms with Gasteiger partial charge in [0.05, 0.1) is 10.6 Å². The van der Waals surface area contributed by atoms with Crippen molar-refractivity contribution >= 4 is 29.2 Å². The highest BCUT2D eigenvalue weighted by atomic mass is 16.6. The first-order valence-corrected chi connectivity index (χ1v) is 9.05. The van der Waals surface area contributed by atoms with Crippen LogP contribution in [0.3, 0.4) is 0 Å². The largest absolute Gasteiger partial charge is 0.282 e. The summed E-state index contributed by atoms with van der Waals surface area (Å²) in [6.07, 6.45) is 1.72. The van der Waals surface area contributed by atoms with Crippen molar-refractivity contribution in [3.8, 4) is 0 Å². The van der Waals surface area contributed by atoms with Crippen molar-refractivity contribution in [1.82, 2.24) is 0 Å². The van der Waals surface area contributed by atoms with Crippen LogP contribution >= 0.6 is 0 Å². The molecule has 6 nitrogen and oxygen atoms in total. The number of hydrogen-bond acceptors (Lipinski definition) is 4. The summed E-state index contributed by atoms with van der Waals surface area (Å²) in [6.45, 7) is 1.81. The zero-order valence-electron chi connectivity index (χ0n) is 15.6. The maximum Gasteiger partial charge on any atom is 0.282 e. The minimum atomic E-state index is -0.469. The smallest absolute Gasteiger partial charge is 0.266 e. The lowest BCUT2D eigenvalue weighted by Crippen LogP contribution is -2.33. The minimum absolute atomic E-state index is 0.0775. The summed E-state index contributed by atoms with van der Waals surface area (Å²) in [6, 6.07) is 23.2. The molecule has 0 bridgehead atoms. The van der Waals surface area contributed by atoms with Gasteiger partial charge in [0.25, 0.3) is 11.6 Å². The van der Waals surface area contributed by atoms with Gasteiger partial charge in [-0.05, 0) is 24.1 Å². The first kappa shape index (κ1) is 18.3. The van der Waals surface area contributed by atoms with Crippen molar-refractivity contribution in [2.24, 2.45) is 4.99 Å². The predicted octanol–water partition coefficient (Wildman–Crippen LogP) is 4.74. The number of carbonyl (C=O) groups is 1. The molecule has 1 aliphatic heterocycles. The molecular weight excluding hydrogens is 366 g/mol. The van der Waals surface area contributed by atoms with Gasteiger partial charge in [-0.25, -0.2) is 4.99 Å². The molecule has 0 radical (unpaired) electrons. The molecular formula is C23H17N3O3. The quantitative estimate of drug-likeness (QED) is 0.371. The van der Waals surface area contributed by atoms with Crippen LogP contribution in [0.2, 0.25) is 0 Å². The molecule has 0 aliphatic carbocycles. The number of amidine groups is 1. The Hall–Kier alpha value is -4.06. The third kappa shape index (κ3) is 3.55. The molecule has 1 aliphatic rings. The number of nitro groups is 1. The highest BCUT2D eigenvalue weighted by Crippen LogP contribution is 2.32. The van der Waals surface area contributed by atoms with Crippen molar-refractivity contribution in [3.05, 3.63) is 111 Å². The summed E-state index contributed by atoms with van der Waals surface area (Å²) < 4.78 is 0. The second-order valence-electron chi connectivity index (χ2n) is 6.61. The maximum absolute atomic E-state index is 13.3.